The summed E-state index contributed by atoms with van der Waals surface area (Å²) in [5.74, 6) is -1.74. The Morgan fingerprint density at radius 3 is 2.43 bits per heavy atom. The molecule has 1 atom stereocenters. The van der Waals surface area contributed by atoms with Crippen LogP contribution >= 0.6 is 0 Å². The lowest BCUT2D eigenvalue weighted by Gasteiger charge is -2.27. The molecule has 2 aliphatic heterocycles. The minimum Gasteiger partial charge on any atom is -0.389 e. The van der Waals surface area contributed by atoms with E-state index in [1.165, 1.54) is 17.0 Å². The van der Waals surface area contributed by atoms with Gasteiger partial charge in [-0.3, -0.25) is 19.3 Å². The Morgan fingerprint density at radius 1 is 1.10 bits per heavy atom. The van der Waals surface area contributed by atoms with E-state index >= 15 is 0 Å². The fourth-order valence-corrected chi connectivity index (χ4v) is 3.51. The summed E-state index contributed by atoms with van der Waals surface area (Å²) in [6.07, 6.45) is -1.09. The largest absolute Gasteiger partial charge is 0.389 e. The molecule has 9 heteroatoms. The highest BCUT2D eigenvalue weighted by molar-refractivity contribution is 6.21. The van der Waals surface area contributed by atoms with Gasteiger partial charge in [0.2, 0.25) is 0 Å². The molecule has 3 amide bonds. The quantitative estimate of drug-likeness (QED) is 0.692. The van der Waals surface area contributed by atoms with Crippen molar-refractivity contribution in [2.45, 2.75) is 6.10 Å². The fourth-order valence-electron chi connectivity index (χ4n) is 3.51. The summed E-state index contributed by atoms with van der Waals surface area (Å²) in [6.45, 7) is 0.425. The molecule has 0 aromatic heterocycles. The predicted molar refractivity (Wildman–Crippen MR) is 106 cm³/mol. The molecule has 8 nitrogen and oxygen atoms in total. The van der Waals surface area contributed by atoms with Crippen LogP contribution in [0.4, 0.5) is 15.8 Å². The number of amides is 3. The van der Waals surface area contributed by atoms with E-state index in [0.29, 0.717) is 30.0 Å². The van der Waals surface area contributed by atoms with Crippen LogP contribution in [-0.4, -0.2) is 66.7 Å². The molecule has 2 aromatic carbocycles. The van der Waals surface area contributed by atoms with E-state index in [1.54, 1.807) is 30.3 Å². The third kappa shape index (κ3) is 3.77. The molecule has 2 aromatic rings. The van der Waals surface area contributed by atoms with Crippen LogP contribution in [0.2, 0.25) is 0 Å². The Kier molecular flexibility index (Phi) is 5.47. The lowest BCUT2D eigenvalue weighted by Crippen LogP contribution is -2.41. The van der Waals surface area contributed by atoms with E-state index in [-0.39, 0.29) is 31.3 Å². The number of β-amino-alcohol motifs (C(OH)–C–C–N with tert-alkyl or cyclic N) is 1. The molecule has 30 heavy (non-hydrogen) atoms. The van der Waals surface area contributed by atoms with Gasteiger partial charge in [-0.05, 0) is 30.3 Å². The van der Waals surface area contributed by atoms with E-state index in [2.05, 4.69) is 5.32 Å². The van der Waals surface area contributed by atoms with Crippen LogP contribution in [0.1, 0.15) is 20.7 Å². The van der Waals surface area contributed by atoms with Crippen molar-refractivity contribution in [2.75, 3.05) is 43.1 Å². The number of hydrogen-bond donors (Lipinski definition) is 2. The molecule has 0 spiro atoms. The summed E-state index contributed by atoms with van der Waals surface area (Å²) in [4.78, 5) is 39.0. The van der Waals surface area contributed by atoms with E-state index in [9.17, 15) is 23.9 Å². The molecule has 0 saturated carbocycles. The molecule has 2 aliphatic rings. The number of hydrogen-bond acceptors (Lipinski definition) is 6. The number of fused-ring (bicyclic) bond motifs is 1. The Morgan fingerprint density at radius 2 is 1.80 bits per heavy atom. The van der Waals surface area contributed by atoms with Gasteiger partial charge in [0, 0.05) is 18.8 Å². The SMILES string of the molecule is O=C1c2ccccc2C(=O)N1C[C@@H](O)CNc1ccc(N2CCOCC2=O)cc1F. The van der Waals surface area contributed by atoms with Gasteiger partial charge in [-0.1, -0.05) is 12.1 Å². The third-order valence-electron chi connectivity index (χ3n) is 5.05. The summed E-state index contributed by atoms with van der Waals surface area (Å²) in [5, 5.41) is 13.0. The highest BCUT2D eigenvalue weighted by atomic mass is 19.1. The molecular formula is C21H20FN3O5. The first kappa shape index (κ1) is 20.0. The van der Waals surface area contributed by atoms with E-state index in [4.69, 9.17) is 4.74 Å². The Bertz CT molecular complexity index is 977. The van der Waals surface area contributed by atoms with Gasteiger partial charge in [-0.2, -0.15) is 0 Å². The second-order valence-electron chi connectivity index (χ2n) is 7.06. The zero-order valence-electron chi connectivity index (χ0n) is 16.0. The maximum absolute atomic E-state index is 14.5. The zero-order chi connectivity index (χ0) is 21.3. The molecule has 156 valence electrons. The normalized spacial score (nSPS) is 17.3. The standard InChI is InChI=1S/C21H20FN3O5/c22-17-9-13(24-7-8-30-12-19(24)27)5-6-18(17)23-10-14(26)11-25-20(28)15-3-1-2-4-16(15)21(25)29/h1-6,9,14,23,26H,7-8,10-12H2/t14-/m0/s1. The summed E-state index contributed by atoms with van der Waals surface area (Å²) in [6, 6.07) is 10.8. The minimum atomic E-state index is -1.09. The Balaban J connectivity index is 1.36. The number of imide groups is 1. The van der Waals surface area contributed by atoms with Crippen LogP contribution in [0.25, 0.3) is 0 Å². The van der Waals surface area contributed by atoms with Crippen molar-refractivity contribution in [3.63, 3.8) is 0 Å². The van der Waals surface area contributed by atoms with Crippen molar-refractivity contribution in [2.24, 2.45) is 0 Å². The van der Waals surface area contributed by atoms with Gasteiger partial charge in [-0.25, -0.2) is 4.39 Å². The van der Waals surface area contributed by atoms with Crippen molar-refractivity contribution < 1.29 is 28.6 Å². The van der Waals surface area contributed by atoms with Gasteiger partial charge in [0.1, 0.15) is 12.4 Å². The Labute approximate surface area is 171 Å². The van der Waals surface area contributed by atoms with Gasteiger partial charge in [-0.15, -0.1) is 0 Å². The van der Waals surface area contributed by atoms with E-state index in [0.717, 1.165) is 4.90 Å². The van der Waals surface area contributed by atoms with Crippen LogP contribution in [0.3, 0.4) is 0 Å². The lowest BCUT2D eigenvalue weighted by molar-refractivity contribution is -0.125. The summed E-state index contributed by atoms with van der Waals surface area (Å²) in [5.41, 5.74) is 1.18. The molecule has 0 bridgehead atoms. The summed E-state index contributed by atoms with van der Waals surface area (Å²) < 4.78 is 19.5. The number of morpholine rings is 1. The third-order valence-corrected chi connectivity index (χ3v) is 5.05. The topological polar surface area (TPSA) is 99.2 Å². The number of aliphatic hydroxyl groups excluding tert-OH is 1. The zero-order valence-corrected chi connectivity index (χ0v) is 16.0. The van der Waals surface area contributed by atoms with E-state index < -0.39 is 23.7 Å². The minimum absolute atomic E-state index is 0.0361. The van der Waals surface area contributed by atoms with Crippen molar-refractivity contribution >= 4 is 29.1 Å². The van der Waals surface area contributed by atoms with Crippen molar-refractivity contribution in [3.05, 3.63) is 59.4 Å². The number of rotatable bonds is 6. The van der Waals surface area contributed by atoms with Crippen LogP contribution in [0, 0.1) is 5.82 Å². The van der Waals surface area contributed by atoms with Gasteiger partial charge >= 0.3 is 0 Å². The second-order valence-corrected chi connectivity index (χ2v) is 7.06. The summed E-state index contributed by atoms with van der Waals surface area (Å²) in [7, 11) is 0. The number of carbonyl (C=O) groups is 3. The summed E-state index contributed by atoms with van der Waals surface area (Å²) >= 11 is 0. The first-order chi connectivity index (χ1) is 14.5. The van der Waals surface area contributed by atoms with Gasteiger partial charge in [0.25, 0.3) is 17.7 Å². The number of nitrogens with one attached hydrogen (secondary N) is 1. The first-order valence-electron chi connectivity index (χ1n) is 9.50. The monoisotopic (exact) mass is 413 g/mol. The number of aliphatic hydroxyl groups is 1. The average Bonchev–Trinajstić information content (AvgIpc) is 2.98. The number of nitrogens with zero attached hydrogens (tertiary/aromatic N) is 2. The average molecular weight is 413 g/mol. The predicted octanol–water partition coefficient (Wildman–Crippen LogP) is 1.26. The number of anilines is 2. The van der Waals surface area contributed by atoms with Crippen molar-refractivity contribution in [3.8, 4) is 0 Å². The highest BCUT2D eigenvalue weighted by Crippen LogP contribution is 2.24. The van der Waals surface area contributed by atoms with Crippen molar-refractivity contribution in [1.82, 2.24) is 4.90 Å². The van der Waals surface area contributed by atoms with Crippen LogP contribution in [0.5, 0.6) is 0 Å². The molecule has 0 unspecified atom stereocenters. The van der Waals surface area contributed by atoms with Crippen LogP contribution in [0.15, 0.2) is 42.5 Å². The first-order valence-corrected chi connectivity index (χ1v) is 9.50. The Hall–Kier alpha value is -3.30. The van der Waals surface area contributed by atoms with Gasteiger partial charge in [0.15, 0.2) is 0 Å². The molecule has 0 aliphatic carbocycles. The van der Waals surface area contributed by atoms with Crippen LogP contribution < -0.4 is 10.2 Å². The molecule has 1 fully saturated rings. The molecule has 0 radical (unpaired) electrons. The van der Waals surface area contributed by atoms with E-state index in [1.807, 2.05) is 0 Å². The smallest absolute Gasteiger partial charge is 0.261 e. The molecule has 2 N–H and O–H groups in total. The fraction of sp³-hybridized carbons (Fsp3) is 0.286. The maximum atomic E-state index is 14.5. The maximum Gasteiger partial charge on any atom is 0.261 e. The molecular weight excluding hydrogens is 393 g/mol. The van der Waals surface area contributed by atoms with Crippen LogP contribution in [-0.2, 0) is 9.53 Å². The molecule has 4 rings (SSSR count). The van der Waals surface area contributed by atoms with Gasteiger partial charge < -0.3 is 20.1 Å². The molecule has 1 saturated heterocycles. The van der Waals surface area contributed by atoms with Gasteiger partial charge in [0.05, 0.1) is 36.1 Å². The lowest BCUT2D eigenvalue weighted by atomic mass is 10.1. The number of halogens is 1. The number of ether oxygens (including phenoxy) is 1. The second kappa shape index (κ2) is 8.21. The van der Waals surface area contributed by atoms with Crippen molar-refractivity contribution in [1.29, 1.82) is 0 Å². The highest BCUT2D eigenvalue weighted by Gasteiger charge is 2.36. The molecule has 2 heterocycles. The number of benzene rings is 2. The number of carbonyl (C=O) groups excluding carboxylic acids is 3.